The van der Waals surface area contributed by atoms with E-state index in [0.29, 0.717) is 0 Å². The van der Waals surface area contributed by atoms with Gasteiger partial charge < -0.3 is 10.3 Å². The van der Waals surface area contributed by atoms with Crippen molar-refractivity contribution in [3.63, 3.8) is 0 Å². The smallest absolute Gasteiger partial charge is 0.0705 e. The van der Waals surface area contributed by atoms with Crippen LogP contribution in [0.3, 0.4) is 0 Å². The molecule has 3 heteroatoms. The zero-order valence-corrected chi connectivity index (χ0v) is 12.9. The highest BCUT2D eigenvalue weighted by molar-refractivity contribution is 6.36. The van der Waals surface area contributed by atoms with Gasteiger partial charge in [-0.2, -0.15) is 0 Å². The van der Waals surface area contributed by atoms with Gasteiger partial charge in [0, 0.05) is 23.1 Å². The number of benzene rings is 2. The summed E-state index contributed by atoms with van der Waals surface area (Å²) in [5.41, 5.74) is 4.90. The van der Waals surface area contributed by atoms with Gasteiger partial charge in [0.25, 0.3) is 0 Å². The monoisotopic (exact) mass is 298 g/mol. The molecule has 0 aliphatic heterocycles. The minimum absolute atomic E-state index is 0.763. The van der Waals surface area contributed by atoms with Crippen LogP contribution in [0.1, 0.15) is 16.8 Å². The molecule has 2 N–H and O–H groups in total. The third kappa shape index (κ3) is 3.12. The second kappa shape index (κ2) is 6.33. The summed E-state index contributed by atoms with van der Waals surface area (Å²) in [7, 11) is 0. The normalized spacial score (nSPS) is 11.1. The van der Waals surface area contributed by atoms with Crippen molar-refractivity contribution < 1.29 is 0 Å². The Kier molecular flexibility index (Phi) is 4.28. The third-order valence-corrected chi connectivity index (χ3v) is 4.28. The fourth-order valence-corrected chi connectivity index (χ4v) is 2.89. The van der Waals surface area contributed by atoms with Crippen LogP contribution in [0.4, 0.5) is 0 Å². The van der Waals surface area contributed by atoms with E-state index >= 15 is 0 Å². The van der Waals surface area contributed by atoms with Crippen molar-refractivity contribution in [2.24, 2.45) is 0 Å². The largest absolute Gasteiger partial charge is 0.356 e. The molecule has 0 saturated heterocycles. The maximum Gasteiger partial charge on any atom is 0.0705 e. The van der Waals surface area contributed by atoms with Crippen LogP contribution in [0.5, 0.6) is 0 Å². The van der Waals surface area contributed by atoms with Crippen LogP contribution in [0, 0.1) is 6.92 Å². The molecule has 0 atom stereocenters. The zero-order valence-electron chi connectivity index (χ0n) is 12.1. The summed E-state index contributed by atoms with van der Waals surface area (Å²) in [5.74, 6) is 0. The second-order valence-corrected chi connectivity index (χ2v) is 5.69. The number of hydrogen-bond donors (Lipinski definition) is 2. The zero-order chi connectivity index (χ0) is 14.7. The first kappa shape index (κ1) is 14.2. The van der Waals surface area contributed by atoms with Gasteiger partial charge in [0.05, 0.1) is 5.02 Å². The molecule has 0 spiro atoms. The Bertz CT molecular complexity index is 746. The molecular weight excluding hydrogens is 280 g/mol. The van der Waals surface area contributed by atoms with Gasteiger partial charge in [0.15, 0.2) is 0 Å². The molecule has 21 heavy (non-hydrogen) atoms. The minimum atomic E-state index is 0.763. The van der Waals surface area contributed by atoms with Crippen LogP contribution in [-0.4, -0.2) is 11.5 Å². The molecule has 0 bridgehead atoms. The Morgan fingerprint density at radius 1 is 1.05 bits per heavy atom. The van der Waals surface area contributed by atoms with Gasteiger partial charge in [-0.15, -0.1) is 0 Å². The van der Waals surface area contributed by atoms with Crippen molar-refractivity contribution in [3.05, 3.63) is 70.4 Å². The van der Waals surface area contributed by atoms with Crippen LogP contribution in [0.15, 0.2) is 48.5 Å². The van der Waals surface area contributed by atoms with Gasteiger partial charge in [-0.05, 0) is 37.1 Å². The Labute approximate surface area is 130 Å². The predicted molar refractivity (Wildman–Crippen MR) is 89.9 cm³/mol. The Hall–Kier alpha value is -1.77. The molecular formula is C18H19ClN2. The van der Waals surface area contributed by atoms with Crippen LogP contribution in [0.2, 0.25) is 5.02 Å². The topological polar surface area (TPSA) is 27.8 Å². The maximum atomic E-state index is 6.41. The van der Waals surface area contributed by atoms with E-state index in [1.54, 1.807) is 0 Å². The molecule has 0 aliphatic rings. The molecule has 2 nitrogen and oxygen atoms in total. The summed E-state index contributed by atoms with van der Waals surface area (Å²) in [4.78, 5) is 3.38. The molecule has 0 fully saturated rings. The number of fused-ring (bicyclic) bond motifs is 1. The molecule has 0 radical (unpaired) electrons. The highest BCUT2D eigenvalue weighted by Crippen LogP contribution is 2.26. The third-order valence-electron chi connectivity index (χ3n) is 3.85. The summed E-state index contributed by atoms with van der Waals surface area (Å²) in [6.07, 6.45) is 1.03. The Morgan fingerprint density at radius 2 is 1.81 bits per heavy atom. The van der Waals surface area contributed by atoms with E-state index in [9.17, 15) is 0 Å². The standard InChI is InChI=1S/C18H19ClN2/c1-13-6-2-3-7-14(13)10-11-20-12-17-18(19)15-8-4-5-9-16(15)21-17/h2-9,20-21H,10-12H2,1H3. The molecule has 108 valence electrons. The molecule has 3 aromatic rings. The molecule has 1 aromatic heterocycles. The van der Waals surface area contributed by atoms with Crippen molar-refractivity contribution in [2.75, 3.05) is 6.54 Å². The lowest BCUT2D eigenvalue weighted by atomic mass is 10.1. The second-order valence-electron chi connectivity index (χ2n) is 5.32. The van der Waals surface area contributed by atoms with Crippen molar-refractivity contribution in [3.8, 4) is 0 Å². The predicted octanol–water partition coefficient (Wildman–Crippen LogP) is 4.46. The van der Waals surface area contributed by atoms with Crippen molar-refractivity contribution in [2.45, 2.75) is 19.9 Å². The van der Waals surface area contributed by atoms with E-state index in [0.717, 1.165) is 41.1 Å². The summed E-state index contributed by atoms with van der Waals surface area (Å²) in [5, 5.41) is 5.38. The fraction of sp³-hybridized carbons (Fsp3) is 0.222. The van der Waals surface area contributed by atoms with Crippen molar-refractivity contribution in [1.29, 1.82) is 0 Å². The number of rotatable bonds is 5. The molecule has 3 rings (SSSR count). The molecule has 0 amide bonds. The number of halogens is 1. The fourth-order valence-electron chi connectivity index (χ4n) is 2.61. The van der Waals surface area contributed by atoms with E-state index in [1.807, 2.05) is 18.2 Å². The van der Waals surface area contributed by atoms with Crippen LogP contribution in [0.25, 0.3) is 10.9 Å². The molecule has 0 unspecified atom stereocenters. The van der Waals surface area contributed by atoms with Crippen LogP contribution in [-0.2, 0) is 13.0 Å². The average Bonchev–Trinajstić information content (AvgIpc) is 2.82. The summed E-state index contributed by atoms with van der Waals surface area (Å²) in [6, 6.07) is 16.6. The Balaban J connectivity index is 1.60. The lowest BCUT2D eigenvalue weighted by Gasteiger charge is -2.07. The summed E-state index contributed by atoms with van der Waals surface area (Å²) >= 11 is 6.41. The van der Waals surface area contributed by atoms with Crippen molar-refractivity contribution in [1.82, 2.24) is 10.3 Å². The molecule has 2 aromatic carbocycles. The molecule has 1 heterocycles. The van der Waals surface area contributed by atoms with Crippen molar-refractivity contribution >= 4 is 22.5 Å². The van der Waals surface area contributed by atoms with E-state index < -0.39 is 0 Å². The first-order valence-electron chi connectivity index (χ1n) is 7.26. The highest BCUT2D eigenvalue weighted by Gasteiger charge is 2.08. The van der Waals surface area contributed by atoms with Gasteiger partial charge in [-0.25, -0.2) is 0 Å². The molecule has 0 aliphatic carbocycles. The lowest BCUT2D eigenvalue weighted by Crippen LogP contribution is -2.17. The van der Waals surface area contributed by atoms with Gasteiger partial charge in [-0.1, -0.05) is 54.1 Å². The number of H-pyrrole nitrogens is 1. The van der Waals surface area contributed by atoms with E-state index in [-0.39, 0.29) is 0 Å². The SMILES string of the molecule is Cc1ccccc1CCNCc1[nH]c2ccccc2c1Cl. The first-order valence-corrected chi connectivity index (χ1v) is 7.64. The number of nitrogens with one attached hydrogen (secondary N) is 2. The van der Waals surface area contributed by atoms with Gasteiger partial charge in [0.2, 0.25) is 0 Å². The summed E-state index contributed by atoms with van der Waals surface area (Å²) < 4.78 is 0. The Morgan fingerprint density at radius 3 is 2.62 bits per heavy atom. The van der Waals surface area contributed by atoms with Gasteiger partial charge in [0.1, 0.15) is 0 Å². The number of aromatic nitrogens is 1. The number of hydrogen-bond acceptors (Lipinski definition) is 1. The number of aromatic amines is 1. The van der Waals surface area contributed by atoms with E-state index in [2.05, 4.69) is 47.6 Å². The lowest BCUT2D eigenvalue weighted by molar-refractivity contribution is 0.677. The van der Waals surface area contributed by atoms with Crippen LogP contribution < -0.4 is 5.32 Å². The average molecular weight is 299 g/mol. The van der Waals surface area contributed by atoms with E-state index in [1.165, 1.54) is 11.1 Å². The van der Waals surface area contributed by atoms with E-state index in [4.69, 9.17) is 11.6 Å². The molecule has 0 saturated carbocycles. The highest BCUT2D eigenvalue weighted by atomic mass is 35.5. The first-order chi connectivity index (χ1) is 10.3. The minimum Gasteiger partial charge on any atom is -0.356 e. The quantitative estimate of drug-likeness (QED) is 0.669. The summed E-state index contributed by atoms with van der Waals surface area (Å²) in [6.45, 7) is 3.86. The maximum absolute atomic E-state index is 6.41. The van der Waals surface area contributed by atoms with Crippen LogP contribution >= 0.6 is 11.6 Å². The number of para-hydroxylation sites is 1. The van der Waals surface area contributed by atoms with Gasteiger partial charge >= 0.3 is 0 Å². The van der Waals surface area contributed by atoms with Gasteiger partial charge in [-0.3, -0.25) is 0 Å². The number of aryl methyl sites for hydroxylation is 1.